The predicted molar refractivity (Wildman–Crippen MR) is 148 cm³/mol. The van der Waals surface area contributed by atoms with Crippen LogP contribution in [0.3, 0.4) is 0 Å². The lowest BCUT2D eigenvalue weighted by molar-refractivity contribution is -0.138. The molecule has 0 aromatic heterocycles. The molecule has 40 heavy (non-hydrogen) atoms. The first-order valence-electron chi connectivity index (χ1n) is 13.6. The SMILES string of the molecule is CN1CCOc2ccccc2C(=O)N[C@H](C(=O)N2CCN(CCO)CC2)CC(=O)N[C@@H](Cc2ccccc2)C1=O. The van der Waals surface area contributed by atoms with Gasteiger partial charge in [0, 0.05) is 46.2 Å². The third-order valence-corrected chi connectivity index (χ3v) is 7.20. The van der Waals surface area contributed by atoms with E-state index in [1.165, 1.54) is 4.90 Å². The number of nitrogens with one attached hydrogen (secondary N) is 2. The van der Waals surface area contributed by atoms with Crippen molar-refractivity contribution in [1.82, 2.24) is 25.3 Å². The van der Waals surface area contributed by atoms with E-state index < -0.39 is 23.9 Å². The summed E-state index contributed by atoms with van der Waals surface area (Å²) in [5.41, 5.74) is 1.11. The van der Waals surface area contributed by atoms with Crippen LogP contribution in [0.15, 0.2) is 54.6 Å². The monoisotopic (exact) mass is 551 g/mol. The molecule has 0 spiro atoms. The van der Waals surface area contributed by atoms with E-state index in [9.17, 15) is 24.3 Å². The molecule has 2 aromatic rings. The second-order valence-electron chi connectivity index (χ2n) is 10.0. The van der Waals surface area contributed by atoms with Gasteiger partial charge in [0.05, 0.1) is 25.1 Å². The summed E-state index contributed by atoms with van der Waals surface area (Å²) in [5, 5.41) is 14.8. The summed E-state index contributed by atoms with van der Waals surface area (Å²) in [7, 11) is 1.64. The maximum absolute atomic E-state index is 13.6. The van der Waals surface area contributed by atoms with Crippen molar-refractivity contribution in [2.24, 2.45) is 0 Å². The molecule has 2 aliphatic heterocycles. The number of benzene rings is 2. The Morgan fingerprint density at radius 1 is 0.950 bits per heavy atom. The molecule has 2 atom stereocenters. The van der Waals surface area contributed by atoms with Crippen molar-refractivity contribution in [2.45, 2.75) is 24.9 Å². The molecule has 3 N–H and O–H groups in total. The molecule has 2 aliphatic rings. The Kier molecular flexibility index (Phi) is 10.1. The van der Waals surface area contributed by atoms with Gasteiger partial charge in [0.25, 0.3) is 5.91 Å². The highest BCUT2D eigenvalue weighted by Gasteiger charge is 2.33. The van der Waals surface area contributed by atoms with Crippen LogP contribution in [-0.4, -0.2) is 115 Å². The van der Waals surface area contributed by atoms with Gasteiger partial charge in [-0.25, -0.2) is 0 Å². The highest BCUT2D eigenvalue weighted by atomic mass is 16.5. The Morgan fingerprint density at radius 2 is 1.65 bits per heavy atom. The number of β-amino-alcohol motifs (C(OH)–C–C–N with tert-alkyl or cyclic N) is 1. The first kappa shape index (κ1) is 29.0. The lowest BCUT2D eigenvalue weighted by Gasteiger charge is -2.36. The van der Waals surface area contributed by atoms with Crippen LogP contribution < -0.4 is 15.4 Å². The molecule has 1 saturated heterocycles. The Morgan fingerprint density at radius 3 is 2.38 bits per heavy atom. The Bertz CT molecular complexity index is 1180. The number of hydrogen-bond donors (Lipinski definition) is 3. The largest absolute Gasteiger partial charge is 0.491 e. The number of carbonyl (C=O) groups is 4. The number of aliphatic hydroxyl groups excluding tert-OH is 1. The minimum Gasteiger partial charge on any atom is -0.491 e. The Balaban J connectivity index is 1.59. The van der Waals surface area contributed by atoms with Gasteiger partial charge >= 0.3 is 0 Å². The second kappa shape index (κ2) is 13.9. The molecule has 11 nitrogen and oxygen atoms in total. The van der Waals surface area contributed by atoms with E-state index >= 15 is 0 Å². The third kappa shape index (κ3) is 7.57. The van der Waals surface area contributed by atoms with Gasteiger partial charge in [-0.15, -0.1) is 0 Å². The van der Waals surface area contributed by atoms with Crippen molar-refractivity contribution in [3.05, 3.63) is 65.7 Å². The number of nitrogens with zero attached hydrogens (tertiary/aromatic N) is 3. The number of rotatable bonds is 5. The van der Waals surface area contributed by atoms with Crippen LogP contribution in [0.4, 0.5) is 0 Å². The van der Waals surface area contributed by atoms with Gasteiger partial charge in [-0.05, 0) is 17.7 Å². The second-order valence-corrected chi connectivity index (χ2v) is 10.0. The van der Waals surface area contributed by atoms with E-state index in [-0.39, 0.29) is 50.0 Å². The van der Waals surface area contributed by atoms with E-state index in [0.717, 1.165) is 5.56 Å². The molecule has 4 rings (SSSR count). The number of likely N-dealkylation sites (N-methyl/N-ethyl adjacent to an activating group) is 1. The van der Waals surface area contributed by atoms with E-state index in [2.05, 4.69) is 10.6 Å². The zero-order valence-corrected chi connectivity index (χ0v) is 22.8. The molecule has 0 unspecified atom stereocenters. The molecule has 0 aliphatic carbocycles. The number of piperazine rings is 1. The fourth-order valence-corrected chi connectivity index (χ4v) is 4.93. The molecular formula is C29H37N5O6. The third-order valence-electron chi connectivity index (χ3n) is 7.20. The van der Waals surface area contributed by atoms with Gasteiger partial charge in [0.15, 0.2) is 0 Å². The number of hydrogen-bond acceptors (Lipinski definition) is 7. The van der Waals surface area contributed by atoms with Gasteiger partial charge in [-0.1, -0.05) is 42.5 Å². The average Bonchev–Trinajstić information content (AvgIpc) is 2.96. The van der Waals surface area contributed by atoms with Crippen LogP contribution in [0.25, 0.3) is 0 Å². The van der Waals surface area contributed by atoms with Crippen molar-refractivity contribution in [3.8, 4) is 5.75 Å². The first-order valence-corrected chi connectivity index (χ1v) is 13.6. The summed E-state index contributed by atoms with van der Waals surface area (Å²) in [6.45, 7) is 2.92. The zero-order chi connectivity index (χ0) is 28.5. The fourth-order valence-electron chi connectivity index (χ4n) is 4.93. The molecule has 0 bridgehead atoms. The minimum absolute atomic E-state index is 0.0341. The van der Waals surface area contributed by atoms with E-state index in [0.29, 0.717) is 38.5 Å². The molecule has 0 radical (unpaired) electrons. The summed E-state index contributed by atoms with van der Waals surface area (Å²) in [5.74, 6) is -1.37. The Labute approximate surface area is 234 Å². The van der Waals surface area contributed by atoms with Crippen molar-refractivity contribution in [2.75, 3.05) is 59.5 Å². The highest BCUT2D eigenvalue weighted by molar-refractivity contribution is 6.01. The van der Waals surface area contributed by atoms with Crippen LogP contribution in [0.1, 0.15) is 22.3 Å². The van der Waals surface area contributed by atoms with Crippen LogP contribution >= 0.6 is 0 Å². The molecule has 2 heterocycles. The van der Waals surface area contributed by atoms with Gasteiger partial charge < -0.3 is 30.3 Å². The van der Waals surface area contributed by atoms with Crippen molar-refractivity contribution in [3.63, 3.8) is 0 Å². The smallest absolute Gasteiger partial charge is 0.255 e. The molecule has 2 aromatic carbocycles. The van der Waals surface area contributed by atoms with Crippen LogP contribution in [0.2, 0.25) is 0 Å². The number of amides is 4. The number of ether oxygens (including phenoxy) is 1. The summed E-state index contributed by atoms with van der Waals surface area (Å²) < 4.78 is 5.88. The van der Waals surface area contributed by atoms with Crippen molar-refractivity contribution in [1.29, 1.82) is 0 Å². The van der Waals surface area contributed by atoms with Gasteiger partial charge in [-0.3, -0.25) is 24.1 Å². The van der Waals surface area contributed by atoms with E-state index in [1.54, 1.807) is 36.2 Å². The average molecular weight is 552 g/mol. The topological polar surface area (TPSA) is 132 Å². The molecular weight excluding hydrogens is 514 g/mol. The number of aliphatic hydroxyl groups is 1. The summed E-state index contributed by atoms with van der Waals surface area (Å²) in [4.78, 5) is 58.8. The molecule has 0 saturated carbocycles. The van der Waals surface area contributed by atoms with E-state index in [1.807, 2.05) is 35.2 Å². The number of para-hydroxylation sites is 1. The van der Waals surface area contributed by atoms with Crippen LogP contribution in [0, 0.1) is 0 Å². The lowest BCUT2D eigenvalue weighted by Crippen LogP contribution is -2.57. The molecule has 4 amide bonds. The maximum Gasteiger partial charge on any atom is 0.255 e. The summed E-state index contributed by atoms with van der Waals surface area (Å²) in [6.07, 6.45) is -0.0516. The lowest BCUT2D eigenvalue weighted by atomic mass is 10.0. The van der Waals surface area contributed by atoms with Gasteiger partial charge in [0.1, 0.15) is 24.4 Å². The minimum atomic E-state index is -1.14. The quantitative estimate of drug-likeness (QED) is 0.473. The molecule has 214 valence electrons. The zero-order valence-electron chi connectivity index (χ0n) is 22.8. The first-order chi connectivity index (χ1) is 19.4. The fraction of sp³-hybridized carbons (Fsp3) is 0.448. The standard InChI is InChI=1S/C29H37N5O6/c1-32-16-18-40-25-10-6-5-9-22(25)27(37)31-24(29(39)34-13-11-33(12-14-34)15-17-35)20-26(36)30-23(28(32)38)19-21-7-3-2-4-8-21/h2-10,23-24,35H,11-20H2,1H3,(H,30,36)(H,31,37)/t23-,24-/m0/s1. The summed E-state index contributed by atoms with van der Waals surface area (Å²) in [6, 6.07) is 14.1. The Hall–Kier alpha value is -3.96. The molecule has 11 heteroatoms. The van der Waals surface area contributed by atoms with Crippen molar-refractivity contribution < 1.29 is 29.0 Å². The van der Waals surface area contributed by atoms with Crippen LogP contribution in [0.5, 0.6) is 5.75 Å². The van der Waals surface area contributed by atoms with E-state index in [4.69, 9.17) is 4.74 Å². The van der Waals surface area contributed by atoms with Crippen molar-refractivity contribution >= 4 is 23.6 Å². The normalized spacial score (nSPS) is 21.5. The number of carbonyl (C=O) groups excluding carboxylic acids is 4. The van der Waals surface area contributed by atoms with Gasteiger partial charge in [0.2, 0.25) is 17.7 Å². The summed E-state index contributed by atoms with van der Waals surface area (Å²) >= 11 is 0. The van der Waals surface area contributed by atoms with Crippen LogP contribution in [-0.2, 0) is 20.8 Å². The number of fused-ring (bicyclic) bond motifs is 1. The maximum atomic E-state index is 13.6. The molecule has 1 fully saturated rings. The highest BCUT2D eigenvalue weighted by Crippen LogP contribution is 2.19. The predicted octanol–water partition coefficient (Wildman–Crippen LogP) is -0.110. The van der Waals surface area contributed by atoms with Gasteiger partial charge in [-0.2, -0.15) is 0 Å².